The quantitative estimate of drug-likeness (QED) is 0.472. The average molecular weight is 536 g/mol. The van der Waals surface area contributed by atoms with Gasteiger partial charge >= 0.3 is 0 Å². The lowest BCUT2D eigenvalue weighted by molar-refractivity contribution is -0.141. The van der Waals surface area contributed by atoms with Crippen LogP contribution in [0.15, 0.2) is 42.5 Å². The van der Waals surface area contributed by atoms with Crippen molar-refractivity contribution in [3.05, 3.63) is 64.2 Å². The number of carbonyl (C=O) groups excluding carboxylic acids is 2. The molecule has 2 aromatic carbocycles. The molecule has 0 aliphatic rings. The van der Waals surface area contributed by atoms with Gasteiger partial charge in [0.05, 0.1) is 11.9 Å². The number of nitrogens with zero attached hydrogens (tertiary/aromatic N) is 2. The highest BCUT2D eigenvalue weighted by molar-refractivity contribution is 7.92. The Labute approximate surface area is 220 Å². The van der Waals surface area contributed by atoms with E-state index in [9.17, 15) is 18.0 Å². The third-order valence-electron chi connectivity index (χ3n) is 5.73. The Morgan fingerprint density at radius 1 is 1.06 bits per heavy atom. The number of amides is 2. The minimum atomic E-state index is -3.59. The normalized spacial score (nSPS) is 12.7. The van der Waals surface area contributed by atoms with Gasteiger partial charge in [0.2, 0.25) is 21.8 Å². The summed E-state index contributed by atoms with van der Waals surface area (Å²) in [5.74, 6) is -0.460. The molecule has 0 saturated carbocycles. The molecule has 2 aromatic rings. The number of benzene rings is 2. The molecule has 2 rings (SSSR count). The summed E-state index contributed by atoms with van der Waals surface area (Å²) < 4.78 is 26.4. The lowest BCUT2D eigenvalue weighted by Gasteiger charge is -2.32. The van der Waals surface area contributed by atoms with Gasteiger partial charge in [-0.1, -0.05) is 47.5 Å². The van der Waals surface area contributed by atoms with Crippen LogP contribution >= 0.6 is 11.6 Å². The molecular formula is C27H38ClN3O4S. The van der Waals surface area contributed by atoms with Crippen LogP contribution in [0, 0.1) is 13.8 Å². The van der Waals surface area contributed by atoms with E-state index in [0.717, 1.165) is 22.9 Å². The van der Waals surface area contributed by atoms with Crippen LogP contribution in [0.4, 0.5) is 5.69 Å². The maximum atomic E-state index is 13.4. The number of sulfonamides is 1. The Balaban J connectivity index is 2.22. The summed E-state index contributed by atoms with van der Waals surface area (Å²) in [7, 11) is -3.59. The van der Waals surface area contributed by atoms with Crippen LogP contribution in [0.3, 0.4) is 0 Å². The molecule has 0 bridgehead atoms. The van der Waals surface area contributed by atoms with Crippen molar-refractivity contribution in [3.63, 3.8) is 0 Å². The van der Waals surface area contributed by atoms with Crippen molar-refractivity contribution in [3.8, 4) is 0 Å². The van der Waals surface area contributed by atoms with Gasteiger partial charge in [0.15, 0.2) is 0 Å². The molecular weight excluding hydrogens is 498 g/mol. The second-order valence-electron chi connectivity index (χ2n) is 10.3. The van der Waals surface area contributed by atoms with Gasteiger partial charge in [-0.2, -0.15) is 0 Å². The molecule has 1 N–H and O–H groups in total. The van der Waals surface area contributed by atoms with E-state index in [1.165, 1.54) is 4.31 Å². The van der Waals surface area contributed by atoms with Crippen molar-refractivity contribution in [2.75, 3.05) is 17.1 Å². The van der Waals surface area contributed by atoms with E-state index in [2.05, 4.69) is 5.32 Å². The molecule has 198 valence electrons. The summed E-state index contributed by atoms with van der Waals surface area (Å²) in [5, 5.41) is 3.38. The van der Waals surface area contributed by atoms with Gasteiger partial charge in [-0.05, 0) is 71.2 Å². The fourth-order valence-corrected chi connectivity index (χ4v) is 4.96. The molecule has 36 heavy (non-hydrogen) atoms. The summed E-state index contributed by atoms with van der Waals surface area (Å²) in [5.41, 5.74) is 2.84. The zero-order chi connectivity index (χ0) is 27.3. The first-order valence-electron chi connectivity index (χ1n) is 12.0. The maximum Gasteiger partial charge on any atom is 0.242 e. The molecule has 0 aliphatic heterocycles. The molecule has 2 amide bonds. The van der Waals surface area contributed by atoms with Gasteiger partial charge in [0.25, 0.3) is 0 Å². The highest BCUT2D eigenvalue weighted by atomic mass is 35.5. The molecule has 0 radical (unpaired) electrons. The number of anilines is 1. The zero-order valence-corrected chi connectivity index (χ0v) is 23.8. The number of hydrogen-bond donors (Lipinski definition) is 1. The standard InChI is InChI=1S/C27H38ClN3O4S/c1-19-10-13-22(14-11-19)18-30(21(3)26(33)29-27(4,5)6)25(32)9-8-16-31(36(7,34)35)24-17-23(28)15-12-20(24)2/h10-15,17,21H,8-9,16,18H2,1-7H3,(H,29,33)/t21-/m1/s1. The van der Waals surface area contributed by atoms with E-state index < -0.39 is 21.6 Å². The third-order valence-corrected chi connectivity index (χ3v) is 7.15. The monoisotopic (exact) mass is 535 g/mol. The van der Waals surface area contributed by atoms with Crippen LogP contribution in [0.25, 0.3) is 0 Å². The molecule has 9 heteroatoms. The summed E-state index contributed by atoms with van der Waals surface area (Å²) >= 11 is 6.11. The van der Waals surface area contributed by atoms with Crippen molar-refractivity contribution in [2.45, 2.75) is 72.5 Å². The van der Waals surface area contributed by atoms with Crippen LogP contribution in [-0.2, 0) is 26.2 Å². The largest absolute Gasteiger partial charge is 0.350 e. The van der Waals surface area contributed by atoms with Crippen LogP contribution < -0.4 is 9.62 Å². The van der Waals surface area contributed by atoms with Gasteiger partial charge in [-0.25, -0.2) is 8.42 Å². The van der Waals surface area contributed by atoms with Crippen LogP contribution in [0.5, 0.6) is 0 Å². The number of nitrogens with one attached hydrogen (secondary N) is 1. The Morgan fingerprint density at radius 2 is 1.67 bits per heavy atom. The van der Waals surface area contributed by atoms with Crippen LogP contribution in [-0.4, -0.2) is 49.5 Å². The number of rotatable bonds is 10. The minimum absolute atomic E-state index is 0.0879. The van der Waals surface area contributed by atoms with Gasteiger partial charge in [0.1, 0.15) is 6.04 Å². The molecule has 0 unspecified atom stereocenters. The SMILES string of the molecule is Cc1ccc(CN(C(=O)CCCN(c2cc(Cl)ccc2C)S(C)(=O)=O)[C@H](C)C(=O)NC(C)(C)C)cc1. The number of carbonyl (C=O) groups is 2. The van der Waals surface area contributed by atoms with E-state index in [-0.39, 0.29) is 37.7 Å². The van der Waals surface area contributed by atoms with Gasteiger partial charge in [-0.15, -0.1) is 0 Å². The first-order chi connectivity index (χ1) is 16.6. The molecule has 0 heterocycles. The Morgan fingerprint density at radius 3 is 2.22 bits per heavy atom. The Bertz CT molecular complexity index is 1170. The second kappa shape index (κ2) is 12.1. The highest BCUT2D eigenvalue weighted by Gasteiger charge is 2.28. The molecule has 0 fully saturated rings. The van der Waals surface area contributed by atoms with E-state index in [4.69, 9.17) is 11.6 Å². The van der Waals surface area contributed by atoms with Crippen LogP contribution in [0.1, 0.15) is 57.2 Å². The lowest BCUT2D eigenvalue weighted by Crippen LogP contribution is -2.52. The number of halogens is 1. The fraction of sp³-hybridized carbons (Fsp3) is 0.481. The van der Waals surface area contributed by atoms with E-state index >= 15 is 0 Å². The van der Waals surface area contributed by atoms with Crippen LogP contribution in [0.2, 0.25) is 5.02 Å². The zero-order valence-electron chi connectivity index (χ0n) is 22.3. The smallest absolute Gasteiger partial charge is 0.242 e. The van der Waals surface area contributed by atoms with E-state index in [1.54, 1.807) is 30.0 Å². The Hall–Kier alpha value is -2.58. The molecule has 7 nitrogen and oxygen atoms in total. The average Bonchev–Trinajstić information content (AvgIpc) is 2.75. The van der Waals surface area contributed by atoms with Gasteiger partial charge in [0, 0.05) is 30.1 Å². The topological polar surface area (TPSA) is 86.8 Å². The minimum Gasteiger partial charge on any atom is -0.350 e. The highest BCUT2D eigenvalue weighted by Crippen LogP contribution is 2.27. The van der Waals surface area contributed by atoms with E-state index in [1.807, 2.05) is 58.9 Å². The molecule has 0 aromatic heterocycles. The fourth-order valence-electron chi connectivity index (χ4n) is 3.78. The van der Waals surface area contributed by atoms with Crippen molar-refractivity contribution in [1.29, 1.82) is 0 Å². The predicted octanol–water partition coefficient (Wildman–Crippen LogP) is 4.84. The lowest BCUT2D eigenvalue weighted by atomic mass is 10.1. The summed E-state index contributed by atoms with van der Waals surface area (Å²) in [4.78, 5) is 27.8. The second-order valence-corrected chi connectivity index (χ2v) is 12.6. The number of aryl methyl sites for hydroxylation is 2. The summed E-state index contributed by atoms with van der Waals surface area (Å²) in [6, 6.07) is 12.2. The summed E-state index contributed by atoms with van der Waals surface area (Å²) in [6.07, 6.45) is 1.51. The van der Waals surface area contributed by atoms with E-state index in [0.29, 0.717) is 10.7 Å². The molecule has 0 spiro atoms. The Kier molecular flexibility index (Phi) is 9.97. The summed E-state index contributed by atoms with van der Waals surface area (Å²) in [6.45, 7) is 11.6. The predicted molar refractivity (Wildman–Crippen MR) is 147 cm³/mol. The molecule has 0 saturated heterocycles. The first kappa shape index (κ1) is 29.6. The van der Waals surface area contributed by atoms with Crippen molar-refractivity contribution >= 4 is 39.1 Å². The van der Waals surface area contributed by atoms with Crippen molar-refractivity contribution in [2.24, 2.45) is 0 Å². The van der Waals surface area contributed by atoms with Gasteiger partial charge < -0.3 is 10.2 Å². The third kappa shape index (κ3) is 8.82. The number of hydrogen-bond acceptors (Lipinski definition) is 4. The molecule has 1 atom stereocenters. The molecule has 0 aliphatic carbocycles. The van der Waals surface area contributed by atoms with Crippen molar-refractivity contribution in [1.82, 2.24) is 10.2 Å². The maximum absolute atomic E-state index is 13.4. The first-order valence-corrected chi connectivity index (χ1v) is 14.2. The van der Waals surface area contributed by atoms with Gasteiger partial charge in [-0.3, -0.25) is 13.9 Å². The van der Waals surface area contributed by atoms with Crippen molar-refractivity contribution < 1.29 is 18.0 Å².